The number of hydrogen-bond donors (Lipinski definition) is 1. The lowest BCUT2D eigenvalue weighted by atomic mass is 10.2. The lowest BCUT2D eigenvalue weighted by Crippen LogP contribution is -1.85. The molecule has 0 fully saturated rings. The zero-order valence-electron chi connectivity index (χ0n) is 9.34. The third-order valence-electron chi connectivity index (χ3n) is 2.23. The summed E-state index contributed by atoms with van der Waals surface area (Å²) in [6.07, 6.45) is 5.06. The van der Waals surface area contributed by atoms with E-state index in [-0.39, 0.29) is 0 Å². The summed E-state index contributed by atoms with van der Waals surface area (Å²) in [5.74, 6) is -0.956. The molecule has 0 atom stereocenters. The largest absolute Gasteiger partial charge is 0.478 e. The summed E-state index contributed by atoms with van der Waals surface area (Å²) >= 11 is 7.29. The maximum absolute atomic E-state index is 10.4. The third kappa shape index (κ3) is 3.68. The van der Waals surface area contributed by atoms with E-state index in [2.05, 4.69) is 4.98 Å². The van der Waals surface area contributed by atoms with Gasteiger partial charge in [0.2, 0.25) is 0 Å². The van der Waals surface area contributed by atoms with Crippen LogP contribution in [0.4, 0.5) is 0 Å². The van der Waals surface area contributed by atoms with E-state index in [1.807, 2.05) is 24.3 Å². The zero-order valence-corrected chi connectivity index (χ0v) is 10.9. The molecule has 18 heavy (non-hydrogen) atoms. The van der Waals surface area contributed by atoms with Gasteiger partial charge in [-0.3, -0.25) is 0 Å². The summed E-state index contributed by atoms with van der Waals surface area (Å²) in [5.41, 5.74) is 1.13. The van der Waals surface area contributed by atoms with Crippen LogP contribution in [0.3, 0.4) is 0 Å². The lowest BCUT2D eigenvalue weighted by molar-refractivity contribution is -0.131. The molecule has 1 N–H and O–H groups in total. The van der Waals surface area contributed by atoms with Crippen molar-refractivity contribution in [1.29, 1.82) is 0 Å². The number of hydrogen-bond acceptors (Lipinski definition) is 3. The molecule has 0 aliphatic heterocycles. The Morgan fingerprint density at radius 2 is 2.11 bits per heavy atom. The molecule has 0 saturated heterocycles. The summed E-state index contributed by atoms with van der Waals surface area (Å²) in [4.78, 5) is 15.5. The van der Waals surface area contributed by atoms with E-state index in [0.717, 1.165) is 27.9 Å². The lowest BCUT2D eigenvalue weighted by Gasteiger charge is -1.97. The summed E-state index contributed by atoms with van der Waals surface area (Å²) in [5, 5.41) is 10.2. The van der Waals surface area contributed by atoms with Gasteiger partial charge in [0.25, 0.3) is 0 Å². The normalized spacial score (nSPS) is 10.9. The quantitative estimate of drug-likeness (QED) is 0.872. The Balaban J connectivity index is 2.06. The molecule has 0 aliphatic rings. The molecular weight excluding hydrogens is 270 g/mol. The third-order valence-corrected chi connectivity index (χ3v) is 3.44. The Labute approximate surface area is 113 Å². The highest BCUT2D eigenvalue weighted by atomic mass is 35.5. The second kappa shape index (κ2) is 5.80. The second-order valence-corrected chi connectivity index (χ2v) is 5.21. The van der Waals surface area contributed by atoms with Gasteiger partial charge in [0, 0.05) is 28.6 Å². The van der Waals surface area contributed by atoms with Crippen LogP contribution in [0.5, 0.6) is 0 Å². The van der Waals surface area contributed by atoms with Gasteiger partial charge in [-0.25, -0.2) is 9.78 Å². The minimum Gasteiger partial charge on any atom is -0.478 e. The van der Waals surface area contributed by atoms with Gasteiger partial charge < -0.3 is 5.11 Å². The Hall–Kier alpha value is -1.65. The topological polar surface area (TPSA) is 50.2 Å². The van der Waals surface area contributed by atoms with Crippen LogP contribution < -0.4 is 0 Å². The molecule has 0 spiro atoms. The van der Waals surface area contributed by atoms with Crippen LogP contribution in [0.1, 0.15) is 15.4 Å². The molecule has 1 heterocycles. The Morgan fingerprint density at radius 1 is 1.39 bits per heavy atom. The molecule has 1 aromatic heterocycles. The van der Waals surface area contributed by atoms with Crippen molar-refractivity contribution in [3.8, 4) is 0 Å². The first-order valence-electron chi connectivity index (χ1n) is 5.23. The molecule has 92 valence electrons. The number of carboxylic acids is 1. The summed E-state index contributed by atoms with van der Waals surface area (Å²) < 4.78 is 0. The average Bonchev–Trinajstić information content (AvgIpc) is 2.77. The van der Waals surface area contributed by atoms with E-state index in [0.29, 0.717) is 5.02 Å². The SMILES string of the molecule is O=C(O)/C=C/c1cnc(Cc2ccc(Cl)cc2)s1. The van der Waals surface area contributed by atoms with Crippen molar-refractivity contribution < 1.29 is 9.90 Å². The monoisotopic (exact) mass is 279 g/mol. The highest BCUT2D eigenvalue weighted by Crippen LogP contribution is 2.19. The summed E-state index contributed by atoms with van der Waals surface area (Å²) in [7, 11) is 0. The highest BCUT2D eigenvalue weighted by Gasteiger charge is 2.02. The van der Waals surface area contributed by atoms with Crippen LogP contribution in [-0.2, 0) is 11.2 Å². The van der Waals surface area contributed by atoms with Crippen LogP contribution in [-0.4, -0.2) is 16.1 Å². The summed E-state index contributed by atoms with van der Waals surface area (Å²) in [6, 6.07) is 7.60. The van der Waals surface area contributed by atoms with Gasteiger partial charge in [0.15, 0.2) is 0 Å². The van der Waals surface area contributed by atoms with Crippen LogP contribution >= 0.6 is 22.9 Å². The molecule has 2 rings (SSSR count). The fourth-order valence-corrected chi connectivity index (χ4v) is 2.40. The number of nitrogens with zero attached hydrogens (tertiary/aromatic N) is 1. The second-order valence-electron chi connectivity index (χ2n) is 3.63. The molecule has 0 amide bonds. The minimum absolute atomic E-state index is 0.711. The molecule has 2 aromatic rings. The molecule has 0 aliphatic carbocycles. The molecular formula is C13H10ClNO2S. The number of aliphatic carboxylic acids is 1. The number of rotatable bonds is 4. The van der Waals surface area contributed by atoms with Crippen molar-refractivity contribution in [1.82, 2.24) is 4.98 Å². The first-order chi connectivity index (χ1) is 8.63. The molecule has 0 radical (unpaired) electrons. The first kappa shape index (κ1) is 12.8. The van der Waals surface area contributed by atoms with Gasteiger partial charge in [-0.2, -0.15) is 0 Å². The van der Waals surface area contributed by atoms with Crippen molar-refractivity contribution in [3.63, 3.8) is 0 Å². The van der Waals surface area contributed by atoms with Crippen molar-refractivity contribution >= 4 is 35.0 Å². The fraction of sp³-hybridized carbons (Fsp3) is 0.0769. The highest BCUT2D eigenvalue weighted by molar-refractivity contribution is 7.12. The Kier molecular flexibility index (Phi) is 4.12. The number of halogens is 1. The Bertz CT molecular complexity index is 575. The number of thiazole rings is 1. The predicted molar refractivity (Wildman–Crippen MR) is 73.0 cm³/mol. The van der Waals surface area contributed by atoms with Crippen molar-refractivity contribution in [2.45, 2.75) is 6.42 Å². The number of benzene rings is 1. The maximum atomic E-state index is 10.4. The fourth-order valence-electron chi connectivity index (χ4n) is 1.41. The van der Waals surface area contributed by atoms with Gasteiger partial charge in [-0.15, -0.1) is 11.3 Å². The van der Waals surface area contributed by atoms with Gasteiger partial charge in [0.1, 0.15) is 0 Å². The van der Waals surface area contributed by atoms with Crippen LogP contribution in [0.15, 0.2) is 36.5 Å². The number of carbonyl (C=O) groups is 1. The van der Waals surface area contributed by atoms with E-state index in [4.69, 9.17) is 16.7 Å². The standard InChI is InChI=1S/C13H10ClNO2S/c14-10-3-1-9(2-4-10)7-12-15-8-11(18-12)5-6-13(16)17/h1-6,8H,7H2,(H,16,17)/b6-5+. The van der Waals surface area contributed by atoms with Crippen molar-refractivity contribution in [3.05, 3.63) is 57.0 Å². The minimum atomic E-state index is -0.956. The molecule has 5 heteroatoms. The molecule has 0 bridgehead atoms. The van der Waals surface area contributed by atoms with Gasteiger partial charge in [0.05, 0.1) is 5.01 Å². The van der Waals surface area contributed by atoms with Gasteiger partial charge in [-0.1, -0.05) is 23.7 Å². The van der Waals surface area contributed by atoms with E-state index in [1.54, 1.807) is 12.3 Å². The summed E-state index contributed by atoms with van der Waals surface area (Å²) in [6.45, 7) is 0. The van der Waals surface area contributed by atoms with E-state index in [1.165, 1.54) is 11.3 Å². The first-order valence-corrected chi connectivity index (χ1v) is 6.43. The van der Waals surface area contributed by atoms with E-state index in [9.17, 15) is 4.79 Å². The number of carboxylic acid groups (broad SMARTS) is 1. The van der Waals surface area contributed by atoms with E-state index >= 15 is 0 Å². The number of aromatic nitrogens is 1. The molecule has 3 nitrogen and oxygen atoms in total. The van der Waals surface area contributed by atoms with Gasteiger partial charge in [-0.05, 0) is 23.8 Å². The molecule has 0 saturated carbocycles. The maximum Gasteiger partial charge on any atom is 0.328 e. The van der Waals surface area contributed by atoms with Crippen molar-refractivity contribution in [2.75, 3.05) is 0 Å². The Morgan fingerprint density at radius 3 is 2.78 bits per heavy atom. The molecule has 1 aromatic carbocycles. The van der Waals surface area contributed by atoms with Gasteiger partial charge >= 0.3 is 5.97 Å². The van der Waals surface area contributed by atoms with Crippen LogP contribution in [0.2, 0.25) is 5.02 Å². The van der Waals surface area contributed by atoms with E-state index < -0.39 is 5.97 Å². The van der Waals surface area contributed by atoms with Crippen LogP contribution in [0.25, 0.3) is 6.08 Å². The average molecular weight is 280 g/mol. The van der Waals surface area contributed by atoms with Crippen LogP contribution in [0, 0.1) is 0 Å². The zero-order chi connectivity index (χ0) is 13.0. The predicted octanol–water partition coefficient (Wildman–Crippen LogP) is 3.49. The smallest absolute Gasteiger partial charge is 0.328 e. The van der Waals surface area contributed by atoms with Crippen molar-refractivity contribution in [2.24, 2.45) is 0 Å². The molecule has 0 unspecified atom stereocenters.